The van der Waals surface area contributed by atoms with Crippen LogP contribution in [-0.4, -0.2) is 65.3 Å². The number of ether oxygens (including phenoxy) is 1. The fraction of sp³-hybridized carbons (Fsp3) is 0.350. The van der Waals surface area contributed by atoms with Gasteiger partial charge in [-0.1, -0.05) is 12.1 Å². The summed E-state index contributed by atoms with van der Waals surface area (Å²) in [4.78, 5) is 16.9. The van der Waals surface area contributed by atoms with Crippen LogP contribution >= 0.6 is 0 Å². The Labute approximate surface area is 165 Å². The molecule has 28 heavy (non-hydrogen) atoms. The number of sulfone groups is 1. The third-order valence-corrected chi connectivity index (χ3v) is 5.81. The van der Waals surface area contributed by atoms with Crippen LogP contribution in [0.5, 0.6) is 5.75 Å². The summed E-state index contributed by atoms with van der Waals surface area (Å²) in [6.45, 7) is 3.46. The Morgan fingerprint density at radius 1 is 1.07 bits per heavy atom. The minimum Gasteiger partial charge on any atom is -0.497 e. The van der Waals surface area contributed by atoms with E-state index in [-0.39, 0.29) is 17.3 Å². The Morgan fingerprint density at radius 3 is 2.46 bits per heavy atom. The van der Waals surface area contributed by atoms with Crippen LogP contribution in [0.4, 0.5) is 11.4 Å². The molecule has 1 heterocycles. The first-order chi connectivity index (χ1) is 13.3. The van der Waals surface area contributed by atoms with Gasteiger partial charge in [0.25, 0.3) is 0 Å². The number of carbonyl (C=O) groups is 1. The molecular formula is C20H25N3O4S. The SMILES string of the molecule is COc1cccc(N2CCN(CC(=O)Nc3cccc(S(C)(=O)=O)c3)CC2)c1. The number of methoxy groups -OCH3 is 1. The van der Waals surface area contributed by atoms with E-state index < -0.39 is 9.84 Å². The van der Waals surface area contributed by atoms with Gasteiger partial charge in [0.05, 0.1) is 18.6 Å². The molecule has 0 spiro atoms. The molecule has 0 aromatic heterocycles. The Kier molecular flexibility index (Phi) is 6.21. The molecule has 0 saturated carbocycles. The molecule has 2 aromatic rings. The van der Waals surface area contributed by atoms with Gasteiger partial charge >= 0.3 is 0 Å². The number of nitrogens with one attached hydrogen (secondary N) is 1. The van der Waals surface area contributed by atoms with Crippen molar-refractivity contribution < 1.29 is 17.9 Å². The largest absolute Gasteiger partial charge is 0.497 e. The predicted molar refractivity (Wildman–Crippen MR) is 110 cm³/mol. The van der Waals surface area contributed by atoms with Crippen LogP contribution in [0.1, 0.15) is 0 Å². The normalized spacial score (nSPS) is 15.3. The zero-order valence-corrected chi connectivity index (χ0v) is 16.9. The van der Waals surface area contributed by atoms with E-state index in [0.29, 0.717) is 5.69 Å². The molecule has 8 heteroatoms. The van der Waals surface area contributed by atoms with Crippen molar-refractivity contribution in [2.45, 2.75) is 4.90 Å². The fourth-order valence-corrected chi connectivity index (χ4v) is 3.85. The Bertz CT molecular complexity index is 938. The van der Waals surface area contributed by atoms with Gasteiger partial charge in [-0.25, -0.2) is 8.42 Å². The van der Waals surface area contributed by atoms with Gasteiger partial charge in [-0.2, -0.15) is 0 Å². The number of rotatable bonds is 6. The second-order valence-corrected chi connectivity index (χ2v) is 8.83. The number of piperazine rings is 1. The molecule has 0 radical (unpaired) electrons. The van der Waals surface area contributed by atoms with Crippen molar-refractivity contribution in [3.63, 3.8) is 0 Å². The highest BCUT2D eigenvalue weighted by molar-refractivity contribution is 7.90. The van der Waals surface area contributed by atoms with Crippen molar-refractivity contribution in [1.82, 2.24) is 4.90 Å². The summed E-state index contributed by atoms with van der Waals surface area (Å²) in [5, 5.41) is 2.78. The lowest BCUT2D eigenvalue weighted by Gasteiger charge is -2.35. The lowest BCUT2D eigenvalue weighted by atomic mass is 10.2. The first-order valence-electron chi connectivity index (χ1n) is 9.06. The lowest BCUT2D eigenvalue weighted by Crippen LogP contribution is -2.48. The number of hydrogen-bond donors (Lipinski definition) is 1. The number of amides is 1. The molecule has 1 saturated heterocycles. The molecule has 1 aliphatic heterocycles. The summed E-state index contributed by atoms with van der Waals surface area (Å²) in [5.41, 5.74) is 1.60. The summed E-state index contributed by atoms with van der Waals surface area (Å²) in [6, 6.07) is 14.3. The first kappa shape index (κ1) is 20.2. The van der Waals surface area contributed by atoms with E-state index in [1.165, 1.54) is 12.1 Å². The Balaban J connectivity index is 1.52. The van der Waals surface area contributed by atoms with E-state index >= 15 is 0 Å². The zero-order valence-electron chi connectivity index (χ0n) is 16.1. The lowest BCUT2D eigenvalue weighted by molar-refractivity contribution is -0.117. The highest BCUT2D eigenvalue weighted by Gasteiger charge is 2.20. The fourth-order valence-electron chi connectivity index (χ4n) is 3.18. The molecule has 1 aliphatic rings. The average molecular weight is 404 g/mol. The molecule has 150 valence electrons. The number of hydrogen-bond acceptors (Lipinski definition) is 6. The van der Waals surface area contributed by atoms with Crippen LogP contribution in [-0.2, 0) is 14.6 Å². The standard InChI is InChI=1S/C20H25N3O4S/c1-27-18-7-4-6-17(14-18)23-11-9-22(10-12-23)15-20(24)21-16-5-3-8-19(13-16)28(2,25)26/h3-8,13-14H,9-12,15H2,1-2H3,(H,21,24). The maximum Gasteiger partial charge on any atom is 0.238 e. The van der Waals surface area contributed by atoms with E-state index in [9.17, 15) is 13.2 Å². The van der Waals surface area contributed by atoms with Crippen molar-refractivity contribution in [3.05, 3.63) is 48.5 Å². The van der Waals surface area contributed by atoms with Gasteiger partial charge in [0.1, 0.15) is 5.75 Å². The zero-order chi connectivity index (χ0) is 20.1. The first-order valence-corrected chi connectivity index (χ1v) is 11.0. The predicted octanol–water partition coefficient (Wildman–Crippen LogP) is 1.86. The summed E-state index contributed by atoms with van der Waals surface area (Å²) in [5.74, 6) is 0.677. The monoisotopic (exact) mass is 403 g/mol. The van der Waals surface area contributed by atoms with E-state index in [0.717, 1.165) is 43.9 Å². The van der Waals surface area contributed by atoms with E-state index in [2.05, 4.69) is 21.2 Å². The quantitative estimate of drug-likeness (QED) is 0.793. The highest BCUT2D eigenvalue weighted by Crippen LogP contribution is 2.22. The maximum absolute atomic E-state index is 12.3. The van der Waals surface area contributed by atoms with Crippen LogP contribution in [0.25, 0.3) is 0 Å². The number of carbonyl (C=O) groups excluding carboxylic acids is 1. The topological polar surface area (TPSA) is 79.0 Å². The molecule has 3 rings (SSSR count). The van der Waals surface area contributed by atoms with Gasteiger partial charge in [0, 0.05) is 49.9 Å². The smallest absolute Gasteiger partial charge is 0.238 e. The van der Waals surface area contributed by atoms with Crippen molar-refractivity contribution in [1.29, 1.82) is 0 Å². The summed E-state index contributed by atoms with van der Waals surface area (Å²) >= 11 is 0. The maximum atomic E-state index is 12.3. The van der Waals surface area contributed by atoms with Crippen molar-refractivity contribution >= 4 is 27.1 Å². The van der Waals surface area contributed by atoms with Crippen molar-refractivity contribution in [2.75, 3.05) is 56.3 Å². The molecular weight excluding hydrogens is 378 g/mol. The number of benzene rings is 2. The Morgan fingerprint density at radius 2 is 1.79 bits per heavy atom. The van der Waals surface area contributed by atoms with Gasteiger partial charge in [-0.3, -0.25) is 9.69 Å². The molecule has 1 amide bonds. The third kappa shape index (κ3) is 5.24. The molecule has 0 atom stereocenters. The number of nitrogens with zero attached hydrogens (tertiary/aromatic N) is 2. The van der Waals surface area contributed by atoms with Gasteiger partial charge in [-0.05, 0) is 30.3 Å². The number of anilines is 2. The average Bonchev–Trinajstić information content (AvgIpc) is 2.68. The molecule has 0 aliphatic carbocycles. The summed E-state index contributed by atoms with van der Waals surface area (Å²) in [7, 11) is -1.65. The minimum atomic E-state index is -3.30. The van der Waals surface area contributed by atoms with Crippen LogP contribution in [0.15, 0.2) is 53.4 Å². The van der Waals surface area contributed by atoms with Gasteiger partial charge in [0.2, 0.25) is 5.91 Å². The second-order valence-electron chi connectivity index (χ2n) is 6.81. The molecule has 1 N–H and O–H groups in total. The molecule has 1 fully saturated rings. The van der Waals surface area contributed by atoms with Crippen LogP contribution in [0.3, 0.4) is 0 Å². The molecule has 0 bridgehead atoms. The minimum absolute atomic E-state index is 0.152. The summed E-state index contributed by atoms with van der Waals surface area (Å²) < 4.78 is 28.6. The van der Waals surface area contributed by atoms with Crippen LogP contribution in [0, 0.1) is 0 Å². The van der Waals surface area contributed by atoms with Gasteiger partial charge in [-0.15, -0.1) is 0 Å². The van der Waals surface area contributed by atoms with Gasteiger partial charge < -0.3 is 15.0 Å². The van der Waals surface area contributed by atoms with E-state index in [1.807, 2.05) is 18.2 Å². The van der Waals surface area contributed by atoms with E-state index in [4.69, 9.17) is 4.74 Å². The van der Waals surface area contributed by atoms with Crippen molar-refractivity contribution in [2.24, 2.45) is 0 Å². The van der Waals surface area contributed by atoms with Crippen LogP contribution in [0.2, 0.25) is 0 Å². The Hall–Kier alpha value is -2.58. The van der Waals surface area contributed by atoms with Crippen LogP contribution < -0.4 is 15.0 Å². The molecule has 0 unspecified atom stereocenters. The molecule has 2 aromatic carbocycles. The van der Waals surface area contributed by atoms with Crippen molar-refractivity contribution in [3.8, 4) is 5.75 Å². The summed E-state index contributed by atoms with van der Waals surface area (Å²) in [6.07, 6.45) is 1.15. The van der Waals surface area contributed by atoms with E-state index in [1.54, 1.807) is 19.2 Å². The molecule has 7 nitrogen and oxygen atoms in total. The second kappa shape index (κ2) is 8.62. The highest BCUT2D eigenvalue weighted by atomic mass is 32.2. The third-order valence-electron chi connectivity index (χ3n) is 4.70. The van der Waals surface area contributed by atoms with Gasteiger partial charge in [0.15, 0.2) is 9.84 Å².